The Kier molecular flexibility index (Phi) is 6.48. The second-order valence-electron chi connectivity index (χ2n) is 2.60. The summed E-state index contributed by atoms with van der Waals surface area (Å²) in [5.41, 5.74) is 0. The molecule has 79 valence electrons. The topological polar surface area (TPSA) is 60.1 Å². The SMILES string of the molecule is CO[Si](C)(OC)OC.[O]CC1CO1. The van der Waals surface area contributed by atoms with E-state index in [1.165, 1.54) is 0 Å². The molecule has 1 aliphatic heterocycles. The van der Waals surface area contributed by atoms with Crippen molar-refractivity contribution in [2.45, 2.75) is 12.7 Å². The Morgan fingerprint density at radius 1 is 1.31 bits per heavy atom. The van der Waals surface area contributed by atoms with Crippen molar-refractivity contribution in [2.75, 3.05) is 34.5 Å². The summed E-state index contributed by atoms with van der Waals surface area (Å²) < 4.78 is 19.3. The maximum absolute atomic E-state index is 9.57. The zero-order valence-corrected chi connectivity index (χ0v) is 9.53. The molecule has 0 aromatic rings. The third-order valence-corrected chi connectivity index (χ3v) is 3.93. The standard InChI is InChI=1S/C4H12O3Si.C3H5O2/c1-5-8(4,6-2)7-3;4-1-3-2-5-3/h1-4H3;3H,1-2H2. The van der Waals surface area contributed by atoms with E-state index in [0.29, 0.717) is 6.61 Å². The summed E-state index contributed by atoms with van der Waals surface area (Å²) in [6.07, 6.45) is 0.0787. The second-order valence-corrected chi connectivity index (χ2v) is 5.55. The summed E-state index contributed by atoms with van der Waals surface area (Å²) in [6, 6.07) is 0. The molecule has 1 aliphatic rings. The highest BCUT2D eigenvalue weighted by Crippen LogP contribution is 2.05. The Labute approximate surface area is 79.9 Å². The smallest absolute Gasteiger partial charge is 0.377 e. The molecule has 1 heterocycles. The Bertz CT molecular complexity index is 116. The van der Waals surface area contributed by atoms with Crippen LogP contribution in [0.2, 0.25) is 6.55 Å². The maximum Gasteiger partial charge on any atom is 0.496 e. The van der Waals surface area contributed by atoms with Gasteiger partial charge in [-0.2, -0.15) is 0 Å². The van der Waals surface area contributed by atoms with Gasteiger partial charge in [-0.25, -0.2) is 5.11 Å². The van der Waals surface area contributed by atoms with Gasteiger partial charge in [-0.15, -0.1) is 0 Å². The third-order valence-electron chi connectivity index (χ3n) is 1.70. The molecule has 1 saturated heterocycles. The minimum Gasteiger partial charge on any atom is -0.377 e. The van der Waals surface area contributed by atoms with Crippen LogP contribution >= 0.6 is 0 Å². The molecule has 0 aromatic carbocycles. The van der Waals surface area contributed by atoms with Crippen LogP contribution in [0.25, 0.3) is 0 Å². The van der Waals surface area contributed by atoms with Crippen LogP contribution in [-0.2, 0) is 23.1 Å². The van der Waals surface area contributed by atoms with E-state index < -0.39 is 8.80 Å². The molecule has 1 unspecified atom stereocenters. The van der Waals surface area contributed by atoms with Gasteiger partial charge in [0.2, 0.25) is 0 Å². The Balaban J connectivity index is 0.000000243. The quantitative estimate of drug-likeness (QED) is 0.494. The highest BCUT2D eigenvalue weighted by molar-refractivity contribution is 6.58. The first-order chi connectivity index (χ1) is 6.11. The lowest BCUT2D eigenvalue weighted by Gasteiger charge is -2.18. The first-order valence-corrected chi connectivity index (χ1v) is 6.19. The molecule has 13 heavy (non-hydrogen) atoms. The molecule has 1 atom stereocenters. The number of hydrogen-bond acceptors (Lipinski definition) is 4. The fraction of sp³-hybridized carbons (Fsp3) is 1.00. The van der Waals surface area contributed by atoms with E-state index >= 15 is 0 Å². The van der Waals surface area contributed by atoms with Crippen LogP contribution in [0.15, 0.2) is 0 Å². The van der Waals surface area contributed by atoms with Gasteiger partial charge >= 0.3 is 8.80 Å². The van der Waals surface area contributed by atoms with Crippen LogP contribution in [0.4, 0.5) is 0 Å². The predicted molar refractivity (Wildman–Crippen MR) is 47.9 cm³/mol. The van der Waals surface area contributed by atoms with E-state index in [-0.39, 0.29) is 12.7 Å². The van der Waals surface area contributed by atoms with Gasteiger partial charge < -0.3 is 18.0 Å². The van der Waals surface area contributed by atoms with Gasteiger partial charge in [0.15, 0.2) is 0 Å². The third kappa shape index (κ3) is 6.14. The van der Waals surface area contributed by atoms with E-state index in [2.05, 4.69) is 4.74 Å². The van der Waals surface area contributed by atoms with E-state index in [1.807, 2.05) is 6.55 Å². The molecule has 0 bridgehead atoms. The van der Waals surface area contributed by atoms with Crippen molar-refractivity contribution in [3.8, 4) is 0 Å². The van der Waals surface area contributed by atoms with Crippen LogP contribution in [0.3, 0.4) is 0 Å². The van der Waals surface area contributed by atoms with E-state index in [1.54, 1.807) is 21.3 Å². The van der Waals surface area contributed by atoms with E-state index in [0.717, 1.165) is 0 Å². The zero-order valence-electron chi connectivity index (χ0n) is 8.53. The minimum absolute atomic E-state index is 0.0556. The van der Waals surface area contributed by atoms with Gasteiger partial charge in [0.25, 0.3) is 0 Å². The Morgan fingerprint density at radius 3 is 1.69 bits per heavy atom. The fourth-order valence-electron chi connectivity index (χ4n) is 0.414. The number of epoxide rings is 1. The first-order valence-electron chi connectivity index (χ1n) is 3.97. The average Bonchev–Trinajstić information content (AvgIpc) is 3.01. The van der Waals surface area contributed by atoms with Gasteiger partial charge in [0, 0.05) is 27.9 Å². The first kappa shape index (κ1) is 13.0. The van der Waals surface area contributed by atoms with Crippen LogP contribution in [-0.4, -0.2) is 49.5 Å². The highest BCUT2D eigenvalue weighted by atomic mass is 28.4. The van der Waals surface area contributed by atoms with Gasteiger partial charge in [-0.1, -0.05) is 0 Å². The molecule has 6 heteroatoms. The second kappa shape index (κ2) is 6.47. The Hall–Kier alpha value is 0.0169. The maximum atomic E-state index is 9.57. The summed E-state index contributed by atoms with van der Waals surface area (Å²) in [6.45, 7) is 2.47. The average molecular weight is 209 g/mol. The van der Waals surface area contributed by atoms with Crippen molar-refractivity contribution in [2.24, 2.45) is 0 Å². The van der Waals surface area contributed by atoms with E-state index in [4.69, 9.17) is 13.3 Å². The summed E-state index contributed by atoms with van der Waals surface area (Å²) in [7, 11) is 2.58. The van der Waals surface area contributed by atoms with E-state index in [9.17, 15) is 5.11 Å². The molecule has 0 amide bonds. The molecular weight excluding hydrogens is 192 g/mol. The summed E-state index contributed by atoms with van der Waals surface area (Å²) in [5.74, 6) is 0. The molecule has 1 fully saturated rings. The molecule has 0 saturated carbocycles. The van der Waals surface area contributed by atoms with Crippen molar-refractivity contribution < 1.29 is 23.1 Å². The lowest BCUT2D eigenvalue weighted by Crippen LogP contribution is -2.38. The van der Waals surface area contributed by atoms with Gasteiger partial charge in [-0.3, -0.25) is 0 Å². The summed E-state index contributed by atoms with van der Waals surface area (Å²) in [4.78, 5) is 0. The Morgan fingerprint density at radius 2 is 1.69 bits per heavy atom. The number of hydrogen-bond donors (Lipinski definition) is 0. The van der Waals surface area contributed by atoms with Crippen LogP contribution in [0.5, 0.6) is 0 Å². The van der Waals surface area contributed by atoms with Crippen molar-refractivity contribution >= 4 is 8.80 Å². The van der Waals surface area contributed by atoms with Crippen molar-refractivity contribution in [3.63, 3.8) is 0 Å². The summed E-state index contributed by atoms with van der Waals surface area (Å²) in [5, 5.41) is 9.57. The molecule has 0 spiro atoms. The zero-order chi connectivity index (χ0) is 10.3. The molecular formula is C7H17O5Si. The van der Waals surface area contributed by atoms with Crippen LogP contribution < -0.4 is 0 Å². The number of ether oxygens (including phenoxy) is 1. The predicted octanol–water partition coefficient (Wildman–Crippen LogP) is 0.310. The molecule has 1 rings (SSSR count). The molecule has 5 nitrogen and oxygen atoms in total. The highest BCUT2D eigenvalue weighted by Gasteiger charge is 2.29. The lowest BCUT2D eigenvalue weighted by molar-refractivity contribution is 0.132. The van der Waals surface area contributed by atoms with Crippen molar-refractivity contribution in [1.82, 2.24) is 0 Å². The van der Waals surface area contributed by atoms with Gasteiger partial charge in [0.1, 0.15) is 12.7 Å². The normalized spacial score (nSPS) is 20.5. The fourth-order valence-corrected chi connectivity index (χ4v) is 0.914. The van der Waals surface area contributed by atoms with Crippen molar-refractivity contribution in [3.05, 3.63) is 0 Å². The minimum atomic E-state index is -2.17. The summed E-state index contributed by atoms with van der Waals surface area (Å²) >= 11 is 0. The molecule has 0 N–H and O–H groups in total. The lowest BCUT2D eigenvalue weighted by atomic mass is 10.5. The van der Waals surface area contributed by atoms with Gasteiger partial charge in [0.05, 0.1) is 6.61 Å². The van der Waals surface area contributed by atoms with Gasteiger partial charge in [-0.05, 0) is 0 Å². The van der Waals surface area contributed by atoms with Crippen LogP contribution in [0, 0.1) is 0 Å². The molecule has 1 radical (unpaired) electrons. The van der Waals surface area contributed by atoms with Crippen LogP contribution in [0.1, 0.15) is 0 Å². The van der Waals surface area contributed by atoms with Crippen molar-refractivity contribution in [1.29, 1.82) is 0 Å². The molecule has 0 aromatic heterocycles. The largest absolute Gasteiger partial charge is 0.496 e. The monoisotopic (exact) mass is 209 g/mol. The number of rotatable bonds is 4. The molecule has 0 aliphatic carbocycles.